The minimum atomic E-state index is -3.56. The highest BCUT2D eigenvalue weighted by Crippen LogP contribution is 2.28. The van der Waals surface area contributed by atoms with Gasteiger partial charge in [-0.1, -0.05) is 12.1 Å². The van der Waals surface area contributed by atoms with Crippen molar-refractivity contribution in [2.75, 3.05) is 20.2 Å². The zero-order valence-electron chi connectivity index (χ0n) is 15.8. The van der Waals surface area contributed by atoms with Crippen LogP contribution in [0.15, 0.2) is 51.8 Å². The predicted molar refractivity (Wildman–Crippen MR) is 111 cm³/mol. The van der Waals surface area contributed by atoms with Crippen molar-refractivity contribution in [3.05, 3.63) is 58.1 Å². The molecule has 150 valence electrons. The van der Waals surface area contributed by atoms with Crippen molar-refractivity contribution in [2.24, 2.45) is 0 Å². The summed E-state index contributed by atoms with van der Waals surface area (Å²) in [5.74, 6) is 0.389. The molecule has 1 N–H and O–H groups in total. The number of ether oxygens (including phenoxy) is 1. The third-order valence-electron chi connectivity index (χ3n) is 4.82. The van der Waals surface area contributed by atoms with Crippen LogP contribution >= 0.6 is 15.9 Å². The quantitative estimate of drug-likeness (QED) is 0.703. The zero-order chi connectivity index (χ0) is 20.3. The van der Waals surface area contributed by atoms with Gasteiger partial charge in [0, 0.05) is 18.7 Å². The Morgan fingerprint density at radius 3 is 2.54 bits per heavy atom. The molecule has 1 unspecified atom stereocenters. The van der Waals surface area contributed by atoms with Crippen LogP contribution in [0.5, 0.6) is 5.75 Å². The standard InChI is InChI=1S/C20H23BrN2O4S/c1-14(15-8-9-19(27-2)18(21)13-15)22-20(24)16-6-5-7-17(12-16)28(25,26)23-10-3-4-11-23/h5-9,12-14H,3-4,10-11H2,1-2H3,(H,22,24). The van der Waals surface area contributed by atoms with Crippen molar-refractivity contribution in [2.45, 2.75) is 30.7 Å². The molecule has 1 aliphatic rings. The van der Waals surface area contributed by atoms with Crippen molar-refractivity contribution < 1.29 is 17.9 Å². The highest BCUT2D eigenvalue weighted by Gasteiger charge is 2.27. The molecular formula is C20H23BrN2O4S. The maximum absolute atomic E-state index is 12.7. The second-order valence-corrected chi connectivity index (χ2v) is 9.52. The predicted octanol–water partition coefficient (Wildman–Crippen LogP) is 3.73. The molecule has 0 aromatic heterocycles. The third kappa shape index (κ3) is 4.39. The van der Waals surface area contributed by atoms with Crippen LogP contribution in [0.25, 0.3) is 0 Å². The van der Waals surface area contributed by atoms with Gasteiger partial charge in [0.25, 0.3) is 5.91 Å². The van der Waals surface area contributed by atoms with Crippen LogP contribution in [0.4, 0.5) is 0 Å². The molecule has 1 amide bonds. The first kappa shape index (κ1) is 20.8. The lowest BCUT2D eigenvalue weighted by atomic mass is 10.1. The smallest absolute Gasteiger partial charge is 0.251 e. The van der Waals surface area contributed by atoms with E-state index in [1.54, 1.807) is 19.2 Å². The van der Waals surface area contributed by atoms with Gasteiger partial charge in [-0.2, -0.15) is 4.31 Å². The van der Waals surface area contributed by atoms with Crippen LogP contribution < -0.4 is 10.1 Å². The van der Waals surface area contributed by atoms with E-state index in [9.17, 15) is 13.2 Å². The first-order valence-corrected chi connectivity index (χ1v) is 11.3. The molecule has 0 saturated carbocycles. The highest BCUT2D eigenvalue weighted by atomic mass is 79.9. The largest absolute Gasteiger partial charge is 0.496 e. The van der Waals surface area contributed by atoms with Gasteiger partial charge in [-0.15, -0.1) is 0 Å². The van der Waals surface area contributed by atoms with Gasteiger partial charge in [0.05, 0.1) is 22.5 Å². The summed E-state index contributed by atoms with van der Waals surface area (Å²) in [5.41, 5.74) is 1.22. The number of carbonyl (C=O) groups excluding carboxylic acids is 1. The molecule has 1 aliphatic heterocycles. The monoisotopic (exact) mass is 466 g/mol. The number of halogens is 1. The van der Waals surface area contributed by atoms with Gasteiger partial charge >= 0.3 is 0 Å². The van der Waals surface area contributed by atoms with E-state index in [1.807, 2.05) is 25.1 Å². The number of nitrogens with one attached hydrogen (secondary N) is 1. The van der Waals surface area contributed by atoms with E-state index in [4.69, 9.17) is 4.74 Å². The molecule has 0 aliphatic carbocycles. The summed E-state index contributed by atoms with van der Waals surface area (Å²) in [6.45, 7) is 2.93. The molecular weight excluding hydrogens is 444 g/mol. The van der Waals surface area contributed by atoms with Gasteiger partial charge in [0.2, 0.25) is 10.0 Å². The van der Waals surface area contributed by atoms with Crippen molar-refractivity contribution >= 4 is 31.9 Å². The number of hydrogen-bond acceptors (Lipinski definition) is 4. The van der Waals surface area contributed by atoms with Crippen LogP contribution in [-0.4, -0.2) is 38.8 Å². The van der Waals surface area contributed by atoms with Crippen LogP contribution in [0.1, 0.15) is 41.7 Å². The van der Waals surface area contributed by atoms with E-state index in [-0.39, 0.29) is 16.8 Å². The summed E-state index contributed by atoms with van der Waals surface area (Å²) in [7, 11) is -1.96. The summed E-state index contributed by atoms with van der Waals surface area (Å²) in [4.78, 5) is 12.8. The average molecular weight is 467 g/mol. The first-order chi connectivity index (χ1) is 13.3. The van der Waals surface area contributed by atoms with Gasteiger partial charge < -0.3 is 10.1 Å². The lowest BCUT2D eigenvalue weighted by molar-refractivity contribution is 0.0939. The molecule has 28 heavy (non-hydrogen) atoms. The molecule has 0 radical (unpaired) electrons. The Morgan fingerprint density at radius 2 is 1.89 bits per heavy atom. The Bertz CT molecular complexity index is 972. The summed E-state index contributed by atoms with van der Waals surface area (Å²) in [6.07, 6.45) is 1.74. The first-order valence-electron chi connectivity index (χ1n) is 9.07. The van der Waals surface area contributed by atoms with E-state index in [0.29, 0.717) is 24.4 Å². The van der Waals surface area contributed by atoms with E-state index in [2.05, 4.69) is 21.2 Å². The topological polar surface area (TPSA) is 75.7 Å². The maximum Gasteiger partial charge on any atom is 0.251 e. The van der Waals surface area contributed by atoms with Crippen LogP contribution in [-0.2, 0) is 10.0 Å². The zero-order valence-corrected chi connectivity index (χ0v) is 18.2. The lowest BCUT2D eigenvalue weighted by Crippen LogP contribution is -2.29. The summed E-state index contributed by atoms with van der Waals surface area (Å²) >= 11 is 3.44. The van der Waals surface area contributed by atoms with Gasteiger partial charge in [0.15, 0.2) is 0 Å². The second kappa shape index (κ2) is 8.63. The fraction of sp³-hybridized carbons (Fsp3) is 0.350. The molecule has 1 atom stereocenters. The van der Waals surface area contributed by atoms with Crippen molar-refractivity contribution in [1.29, 1.82) is 0 Å². The summed E-state index contributed by atoms with van der Waals surface area (Å²) in [5, 5.41) is 2.92. The van der Waals surface area contributed by atoms with Gasteiger partial charge in [-0.25, -0.2) is 8.42 Å². The van der Waals surface area contributed by atoms with Crippen LogP contribution in [0.3, 0.4) is 0 Å². The number of methoxy groups -OCH3 is 1. The van der Waals surface area contributed by atoms with Gasteiger partial charge in [0.1, 0.15) is 5.75 Å². The Morgan fingerprint density at radius 1 is 1.18 bits per heavy atom. The average Bonchev–Trinajstić information content (AvgIpc) is 3.23. The Balaban J connectivity index is 1.77. The van der Waals surface area contributed by atoms with Crippen molar-refractivity contribution in [3.8, 4) is 5.75 Å². The maximum atomic E-state index is 12.7. The number of carbonyl (C=O) groups is 1. The van der Waals surface area contributed by atoms with Gasteiger partial charge in [-0.05, 0) is 71.6 Å². The summed E-state index contributed by atoms with van der Waals surface area (Å²) < 4.78 is 33.0. The number of amides is 1. The van der Waals surface area contributed by atoms with Crippen molar-refractivity contribution in [1.82, 2.24) is 9.62 Å². The fourth-order valence-corrected chi connectivity index (χ4v) is 5.31. The molecule has 8 heteroatoms. The van der Waals surface area contributed by atoms with Crippen LogP contribution in [0.2, 0.25) is 0 Å². The molecule has 1 heterocycles. The van der Waals surface area contributed by atoms with Crippen molar-refractivity contribution in [3.63, 3.8) is 0 Å². The van der Waals surface area contributed by atoms with E-state index in [1.165, 1.54) is 16.4 Å². The molecule has 1 saturated heterocycles. The van der Waals surface area contributed by atoms with E-state index < -0.39 is 10.0 Å². The fourth-order valence-electron chi connectivity index (χ4n) is 3.19. The molecule has 6 nitrogen and oxygen atoms in total. The highest BCUT2D eigenvalue weighted by molar-refractivity contribution is 9.10. The molecule has 3 rings (SSSR count). The number of sulfonamides is 1. The number of rotatable bonds is 6. The second-order valence-electron chi connectivity index (χ2n) is 6.73. The third-order valence-corrected chi connectivity index (χ3v) is 7.34. The number of benzene rings is 2. The van der Waals surface area contributed by atoms with E-state index >= 15 is 0 Å². The SMILES string of the molecule is COc1ccc(C(C)NC(=O)c2cccc(S(=O)(=O)N3CCCC3)c2)cc1Br. The lowest BCUT2D eigenvalue weighted by Gasteiger charge is -2.17. The molecule has 2 aromatic carbocycles. The summed E-state index contributed by atoms with van der Waals surface area (Å²) in [6, 6.07) is 11.5. The Labute approximate surface area is 174 Å². The molecule has 0 bridgehead atoms. The molecule has 1 fully saturated rings. The van der Waals surface area contributed by atoms with Crippen LogP contribution in [0, 0.1) is 0 Å². The minimum Gasteiger partial charge on any atom is -0.496 e. The molecule has 0 spiro atoms. The normalized spacial score (nSPS) is 16.0. The number of hydrogen-bond donors (Lipinski definition) is 1. The Hall–Kier alpha value is -1.90. The van der Waals surface area contributed by atoms with Gasteiger partial charge in [-0.3, -0.25) is 4.79 Å². The Kier molecular flexibility index (Phi) is 6.42. The number of nitrogens with zero attached hydrogens (tertiary/aromatic N) is 1. The minimum absolute atomic E-state index is 0.155. The molecule has 2 aromatic rings. The van der Waals surface area contributed by atoms with E-state index in [0.717, 1.165) is 22.9 Å².